The van der Waals surface area contributed by atoms with E-state index in [1.54, 1.807) is 31.2 Å². The summed E-state index contributed by atoms with van der Waals surface area (Å²) < 4.78 is 4.86. The minimum atomic E-state index is -0.492. The number of aryl methyl sites for hydroxylation is 1. The Balaban J connectivity index is 1.67. The largest absolute Gasteiger partial charge is 0.450 e. The summed E-state index contributed by atoms with van der Waals surface area (Å²) in [7, 11) is 0. The van der Waals surface area contributed by atoms with Crippen molar-refractivity contribution in [2.45, 2.75) is 39.2 Å². The third kappa shape index (κ3) is 4.63. The van der Waals surface area contributed by atoms with Crippen molar-refractivity contribution < 1.29 is 14.3 Å². The number of rotatable bonds is 6. The average molecular weight is 381 g/mol. The minimum absolute atomic E-state index is 0.102. The topological polar surface area (TPSA) is 70.7 Å². The Kier molecular flexibility index (Phi) is 6.53. The van der Waals surface area contributed by atoms with Gasteiger partial charge in [0.05, 0.1) is 12.6 Å². The summed E-state index contributed by atoms with van der Waals surface area (Å²) in [5.41, 5.74) is 3.88. The molecule has 1 aliphatic carbocycles. The smallest absolute Gasteiger partial charge is 0.411 e. The molecule has 28 heavy (non-hydrogen) atoms. The van der Waals surface area contributed by atoms with Crippen molar-refractivity contribution in [1.82, 2.24) is 4.90 Å². The molecule has 2 aromatic rings. The maximum atomic E-state index is 13.0. The van der Waals surface area contributed by atoms with Gasteiger partial charge < -0.3 is 15.0 Å². The van der Waals surface area contributed by atoms with Gasteiger partial charge >= 0.3 is 12.1 Å². The van der Waals surface area contributed by atoms with Gasteiger partial charge in [-0.05, 0) is 61.6 Å². The number of ether oxygens (including phenoxy) is 1. The van der Waals surface area contributed by atoms with E-state index in [0.29, 0.717) is 24.5 Å². The maximum Gasteiger partial charge on any atom is 0.411 e. The third-order valence-corrected chi connectivity index (χ3v) is 4.86. The van der Waals surface area contributed by atoms with Crippen molar-refractivity contribution in [2.75, 3.05) is 23.8 Å². The first-order valence-corrected chi connectivity index (χ1v) is 9.81. The molecule has 0 unspecified atom stereocenters. The highest BCUT2D eigenvalue weighted by molar-refractivity contribution is 5.90. The second-order valence-corrected chi connectivity index (χ2v) is 6.80. The van der Waals surface area contributed by atoms with Gasteiger partial charge in [0.1, 0.15) is 0 Å². The van der Waals surface area contributed by atoms with Crippen LogP contribution in [0.3, 0.4) is 0 Å². The van der Waals surface area contributed by atoms with Crippen LogP contribution >= 0.6 is 0 Å². The van der Waals surface area contributed by atoms with Crippen LogP contribution < -0.4 is 10.6 Å². The molecule has 2 N–H and O–H groups in total. The van der Waals surface area contributed by atoms with E-state index in [2.05, 4.69) is 35.8 Å². The Morgan fingerprint density at radius 3 is 2.39 bits per heavy atom. The number of carbonyl (C=O) groups excluding carboxylic acids is 2. The molecule has 0 aromatic heterocycles. The molecule has 1 atom stereocenters. The lowest BCUT2D eigenvalue weighted by atomic mass is 10.1. The molecule has 0 bridgehead atoms. The Morgan fingerprint density at radius 2 is 1.71 bits per heavy atom. The van der Waals surface area contributed by atoms with Crippen molar-refractivity contribution in [3.8, 4) is 0 Å². The fraction of sp³-hybridized carbons (Fsp3) is 0.364. The fourth-order valence-electron chi connectivity index (χ4n) is 3.62. The van der Waals surface area contributed by atoms with Gasteiger partial charge in [-0.2, -0.15) is 0 Å². The number of carbonyl (C=O) groups is 2. The summed E-state index contributed by atoms with van der Waals surface area (Å²) in [6.45, 7) is 4.85. The normalized spacial score (nSPS) is 14.9. The SMILES string of the molecule is CCCN(C(=O)Nc1ccc(NC(=O)OCC)cc1)[C@@H]1CCc2ccccc21. The van der Waals surface area contributed by atoms with Crippen LogP contribution in [-0.4, -0.2) is 30.2 Å². The second-order valence-electron chi connectivity index (χ2n) is 6.80. The Hall–Kier alpha value is -3.02. The highest BCUT2D eigenvalue weighted by atomic mass is 16.5. The van der Waals surface area contributed by atoms with Crippen molar-refractivity contribution >= 4 is 23.5 Å². The van der Waals surface area contributed by atoms with E-state index in [0.717, 1.165) is 19.3 Å². The van der Waals surface area contributed by atoms with E-state index in [9.17, 15) is 9.59 Å². The van der Waals surface area contributed by atoms with E-state index in [1.165, 1.54) is 11.1 Å². The number of fused-ring (bicyclic) bond motifs is 1. The first-order valence-electron chi connectivity index (χ1n) is 9.81. The zero-order valence-corrected chi connectivity index (χ0v) is 16.4. The fourth-order valence-corrected chi connectivity index (χ4v) is 3.62. The van der Waals surface area contributed by atoms with E-state index in [-0.39, 0.29) is 12.1 Å². The molecule has 6 nitrogen and oxygen atoms in total. The molecule has 0 saturated carbocycles. The summed E-state index contributed by atoms with van der Waals surface area (Å²) in [5, 5.41) is 5.62. The van der Waals surface area contributed by atoms with Crippen LogP contribution in [0.5, 0.6) is 0 Å². The summed E-state index contributed by atoms with van der Waals surface area (Å²) in [6.07, 6.45) is 2.36. The zero-order valence-electron chi connectivity index (χ0n) is 16.4. The number of benzene rings is 2. The van der Waals surface area contributed by atoms with E-state index in [1.807, 2.05) is 11.0 Å². The van der Waals surface area contributed by atoms with Crippen LogP contribution in [0.2, 0.25) is 0 Å². The molecule has 3 amide bonds. The standard InChI is InChI=1S/C22H27N3O3/c1-3-15-25(20-14-9-16-7-5-6-8-19(16)20)21(26)23-17-10-12-18(13-11-17)24-22(27)28-4-2/h5-8,10-13,20H,3-4,9,14-15H2,1-2H3,(H,23,26)(H,24,27)/t20-/m1/s1. The molecule has 0 radical (unpaired) electrons. The van der Waals surface area contributed by atoms with Gasteiger partial charge in [-0.1, -0.05) is 31.2 Å². The molecule has 3 rings (SSSR count). The van der Waals surface area contributed by atoms with Gasteiger partial charge in [-0.15, -0.1) is 0 Å². The average Bonchev–Trinajstić information content (AvgIpc) is 3.11. The van der Waals surface area contributed by atoms with E-state index in [4.69, 9.17) is 4.74 Å². The van der Waals surface area contributed by atoms with Gasteiger partial charge in [0.15, 0.2) is 0 Å². The van der Waals surface area contributed by atoms with Gasteiger partial charge in [0, 0.05) is 17.9 Å². The van der Waals surface area contributed by atoms with Crippen LogP contribution in [0.25, 0.3) is 0 Å². The summed E-state index contributed by atoms with van der Waals surface area (Å²) in [4.78, 5) is 26.4. The lowest BCUT2D eigenvalue weighted by molar-refractivity contribution is 0.168. The minimum Gasteiger partial charge on any atom is -0.450 e. The van der Waals surface area contributed by atoms with Crippen LogP contribution in [-0.2, 0) is 11.2 Å². The van der Waals surface area contributed by atoms with Crippen LogP contribution in [0.4, 0.5) is 21.0 Å². The van der Waals surface area contributed by atoms with Gasteiger partial charge in [0.2, 0.25) is 0 Å². The van der Waals surface area contributed by atoms with Crippen LogP contribution in [0, 0.1) is 0 Å². The lowest BCUT2D eigenvalue weighted by Crippen LogP contribution is -2.38. The van der Waals surface area contributed by atoms with E-state index < -0.39 is 6.09 Å². The summed E-state index contributed by atoms with van der Waals surface area (Å²) in [6, 6.07) is 15.4. The quantitative estimate of drug-likeness (QED) is 0.724. The van der Waals surface area contributed by atoms with Gasteiger partial charge in [-0.25, -0.2) is 9.59 Å². The first kappa shape index (κ1) is 19.7. The molecule has 0 spiro atoms. The highest BCUT2D eigenvalue weighted by Gasteiger charge is 2.30. The predicted molar refractivity (Wildman–Crippen MR) is 111 cm³/mol. The zero-order chi connectivity index (χ0) is 19.9. The van der Waals surface area contributed by atoms with Gasteiger partial charge in [0.25, 0.3) is 0 Å². The number of amides is 3. The molecule has 6 heteroatoms. The van der Waals surface area contributed by atoms with Gasteiger partial charge in [-0.3, -0.25) is 5.32 Å². The number of urea groups is 1. The first-order chi connectivity index (χ1) is 13.6. The maximum absolute atomic E-state index is 13.0. The van der Waals surface area contributed by atoms with Crippen molar-refractivity contribution in [3.05, 3.63) is 59.7 Å². The molecule has 0 saturated heterocycles. The number of hydrogen-bond acceptors (Lipinski definition) is 3. The molecule has 0 fully saturated rings. The molecule has 0 heterocycles. The summed E-state index contributed by atoms with van der Waals surface area (Å²) >= 11 is 0. The number of hydrogen-bond donors (Lipinski definition) is 2. The van der Waals surface area contributed by atoms with E-state index >= 15 is 0 Å². The monoisotopic (exact) mass is 381 g/mol. The van der Waals surface area contributed by atoms with Crippen LogP contribution in [0.1, 0.15) is 43.9 Å². The molecular formula is C22H27N3O3. The van der Waals surface area contributed by atoms with Crippen molar-refractivity contribution in [2.24, 2.45) is 0 Å². The summed E-state index contributed by atoms with van der Waals surface area (Å²) in [5.74, 6) is 0. The molecule has 1 aliphatic rings. The lowest BCUT2D eigenvalue weighted by Gasteiger charge is -2.29. The second kappa shape index (κ2) is 9.26. The molecule has 0 aliphatic heterocycles. The highest BCUT2D eigenvalue weighted by Crippen LogP contribution is 2.36. The predicted octanol–water partition coefficient (Wildman–Crippen LogP) is 5.19. The molecule has 148 valence electrons. The van der Waals surface area contributed by atoms with Crippen LogP contribution in [0.15, 0.2) is 48.5 Å². The van der Waals surface area contributed by atoms with Crippen molar-refractivity contribution in [3.63, 3.8) is 0 Å². The Labute approximate surface area is 165 Å². The number of nitrogens with one attached hydrogen (secondary N) is 2. The number of anilines is 2. The third-order valence-electron chi connectivity index (χ3n) is 4.86. The van der Waals surface area contributed by atoms with Crippen molar-refractivity contribution in [1.29, 1.82) is 0 Å². The number of nitrogens with zero attached hydrogens (tertiary/aromatic N) is 1. The Bertz CT molecular complexity index is 820. The molecular weight excluding hydrogens is 354 g/mol. The molecule has 2 aromatic carbocycles. The Morgan fingerprint density at radius 1 is 1.04 bits per heavy atom.